The van der Waals surface area contributed by atoms with E-state index in [0.717, 1.165) is 21.6 Å². The topological polar surface area (TPSA) is 12.0 Å². The molecule has 0 heterocycles. The van der Waals surface area contributed by atoms with Gasteiger partial charge in [-0.2, -0.15) is 0 Å². The lowest BCUT2D eigenvalue weighted by atomic mass is 10.1. The van der Waals surface area contributed by atoms with E-state index in [0.29, 0.717) is 6.04 Å². The Labute approximate surface area is 128 Å². The van der Waals surface area contributed by atoms with Crippen LogP contribution in [0.25, 0.3) is 0 Å². The second-order valence-electron chi connectivity index (χ2n) is 4.75. The number of halogens is 2. The molecule has 0 aliphatic heterocycles. The van der Waals surface area contributed by atoms with E-state index in [9.17, 15) is 0 Å². The average Bonchev–Trinajstić information content (AvgIpc) is 2.38. The summed E-state index contributed by atoms with van der Waals surface area (Å²) in [5, 5.41) is 4.28. The first-order chi connectivity index (χ1) is 9.06. The van der Waals surface area contributed by atoms with Gasteiger partial charge >= 0.3 is 0 Å². The van der Waals surface area contributed by atoms with Crippen LogP contribution in [0.2, 0.25) is 5.02 Å². The first kappa shape index (κ1) is 14.6. The Morgan fingerprint density at radius 3 is 2.47 bits per heavy atom. The van der Waals surface area contributed by atoms with Gasteiger partial charge in [-0.3, -0.25) is 0 Å². The van der Waals surface area contributed by atoms with E-state index in [-0.39, 0.29) is 0 Å². The molecule has 0 spiro atoms. The third-order valence-electron chi connectivity index (χ3n) is 3.19. The monoisotopic (exact) mass is 337 g/mol. The second kappa shape index (κ2) is 6.56. The molecule has 0 bridgehead atoms. The molecule has 3 heteroatoms. The van der Waals surface area contributed by atoms with Crippen molar-refractivity contribution in [1.29, 1.82) is 0 Å². The molecule has 1 nitrogen and oxygen atoms in total. The van der Waals surface area contributed by atoms with Crippen molar-refractivity contribution in [1.82, 2.24) is 5.32 Å². The second-order valence-corrected chi connectivity index (χ2v) is 6.07. The van der Waals surface area contributed by atoms with Gasteiger partial charge in [0.15, 0.2) is 0 Å². The van der Waals surface area contributed by atoms with Crippen LogP contribution in [-0.2, 0) is 6.54 Å². The van der Waals surface area contributed by atoms with Crippen LogP contribution in [0.4, 0.5) is 0 Å². The number of benzene rings is 2. The van der Waals surface area contributed by atoms with Crippen LogP contribution in [0, 0.1) is 6.92 Å². The predicted octanol–water partition coefficient (Wildman–Crippen LogP) is 5.26. The summed E-state index contributed by atoms with van der Waals surface area (Å²) in [5.41, 5.74) is 3.69. The Bertz CT molecular complexity index is 551. The van der Waals surface area contributed by atoms with Gasteiger partial charge in [0.2, 0.25) is 0 Å². The highest BCUT2D eigenvalue weighted by Gasteiger charge is 2.06. The zero-order valence-electron chi connectivity index (χ0n) is 11.1. The van der Waals surface area contributed by atoms with Gasteiger partial charge in [-0.25, -0.2) is 0 Å². The fourth-order valence-corrected chi connectivity index (χ4v) is 2.64. The molecule has 0 aliphatic carbocycles. The van der Waals surface area contributed by atoms with E-state index in [2.05, 4.69) is 59.4 Å². The van der Waals surface area contributed by atoms with Crippen molar-refractivity contribution < 1.29 is 0 Å². The molecule has 0 radical (unpaired) electrons. The molecule has 19 heavy (non-hydrogen) atoms. The SMILES string of the molecule is Cc1ccc([C@H](C)NCc2ccc(Br)cc2Cl)cc1. The number of hydrogen-bond acceptors (Lipinski definition) is 1. The van der Waals surface area contributed by atoms with Crippen molar-refractivity contribution in [2.24, 2.45) is 0 Å². The van der Waals surface area contributed by atoms with Crippen molar-refractivity contribution in [2.45, 2.75) is 26.4 Å². The fraction of sp³-hybridized carbons (Fsp3) is 0.250. The molecule has 0 fully saturated rings. The Kier molecular flexibility index (Phi) is 5.03. The van der Waals surface area contributed by atoms with Gasteiger partial charge in [-0.1, -0.05) is 63.4 Å². The minimum absolute atomic E-state index is 0.306. The van der Waals surface area contributed by atoms with Gasteiger partial charge in [-0.15, -0.1) is 0 Å². The maximum Gasteiger partial charge on any atom is 0.0462 e. The molecule has 1 atom stereocenters. The first-order valence-corrected chi connectivity index (χ1v) is 7.47. The lowest BCUT2D eigenvalue weighted by Gasteiger charge is -2.15. The van der Waals surface area contributed by atoms with E-state index in [4.69, 9.17) is 11.6 Å². The van der Waals surface area contributed by atoms with Crippen molar-refractivity contribution in [3.05, 3.63) is 68.7 Å². The molecule has 0 saturated heterocycles. The number of hydrogen-bond donors (Lipinski definition) is 1. The normalized spacial score (nSPS) is 12.4. The molecule has 0 saturated carbocycles. The van der Waals surface area contributed by atoms with Crippen molar-refractivity contribution >= 4 is 27.5 Å². The minimum atomic E-state index is 0.306. The molecule has 2 aromatic carbocycles. The predicted molar refractivity (Wildman–Crippen MR) is 85.6 cm³/mol. The van der Waals surface area contributed by atoms with Crippen molar-refractivity contribution in [2.75, 3.05) is 0 Å². The largest absolute Gasteiger partial charge is 0.306 e. The van der Waals surface area contributed by atoms with Crippen LogP contribution < -0.4 is 5.32 Å². The van der Waals surface area contributed by atoms with E-state index < -0.39 is 0 Å². The maximum absolute atomic E-state index is 6.21. The summed E-state index contributed by atoms with van der Waals surface area (Å²) in [5.74, 6) is 0. The molecule has 0 unspecified atom stereocenters. The summed E-state index contributed by atoms with van der Waals surface area (Å²) >= 11 is 9.62. The molecule has 2 aromatic rings. The molecule has 2 rings (SSSR count). The van der Waals surface area contributed by atoms with Crippen LogP contribution in [-0.4, -0.2) is 0 Å². The smallest absolute Gasteiger partial charge is 0.0462 e. The quantitative estimate of drug-likeness (QED) is 0.801. The molecule has 100 valence electrons. The third kappa shape index (κ3) is 4.07. The highest BCUT2D eigenvalue weighted by atomic mass is 79.9. The zero-order valence-corrected chi connectivity index (χ0v) is 13.4. The number of aryl methyl sites for hydroxylation is 1. The van der Waals surface area contributed by atoms with Gasteiger partial charge < -0.3 is 5.32 Å². The molecule has 1 N–H and O–H groups in total. The van der Waals surface area contributed by atoms with Gasteiger partial charge in [-0.05, 0) is 37.1 Å². The summed E-state index contributed by atoms with van der Waals surface area (Å²) < 4.78 is 1.01. The lowest BCUT2D eigenvalue weighted by molar-refractivity contribution is 0.574. The summed E-state index contributed by atoms with van der Waals surface area (Å²) in [4.78, 5) is 0. The molecular formula is C16H17BrClN. The lowest BCUT2D eigenvalue weighted by Crippen LogP contribution is -2.18. The van der Waals surface area contributed by atoms with Crippen molar-refractivity contribution in [3.63, 3.8) is 0 Å². The average molecular weight is 339 g/mol. The molecule has 0 amide bonds. The van der Waals surface area contributed by atoms with Gasteiger partial charge in [0, 0.05) is 22.1 Å². The molecule has 0 aromatic heterocycles. The van der Waals surface area contributed by atoms with Gasteiger partial charge in [0.1, 0.15) is 0 Å². The van der Waals surface area contributed by atoms with E-state index in [1.807, 2.05) is 18.2 Å². The van der Waals surface area contributed by atoms with Gasteiger partial charge in [0.05, 0.1) is 0 Å². The number of nitrogens with one attached hydrogen (secondary N) is 1. The Morgan fingerprint density at radius 1 is 1.16 bits per heavy atom. The molecular weight excluding hydrogens is 322 g/mol. The van der Waals surface area contributed by atoms with Crippen LogP contribution in [0.15, 0.2) is 46.9 Å². The Morgan fingerprint density at radius 2 is 1.84 bits per heavy atom. The summed E-state index contributed by atoms with van der Waals surface area (Å²) in [7, 11) is 0. The third-order valence-corrected chi connectivity index (χ3v) is 4.04. The number of rotatable bonds is 4. The summed E-state index contributed by atoms with van der Waals surface area (Å²) in [6.45, 7) is 5.03. The van der Waals surface area contributed by atoms with E-state index in [1.165, 1.54) is 11.1 Å². The summed E-state index contributed by atoms with van der Waals surface area (Å²) in [6.07, 6.45) is 0. The molecule has 0 aliphatic rings. The standard InChI is InChI=1S/C16H17BrClN/c1-11-3-5-13(6-4-11)12(2)19-10-14-7-8-15(17)9-16(14)18/h3-9,12,19H,10H2,1-2H3/t12-/m0/s1. The summed E-state index contributed by atoms with van der Waals surface area (Å²) in [6, 6.07) is 14.9. The minimum Gasteiger partial charge on any atom is -0.306 e. The van der Waals surface area contributed by atoms with Crippen LogP contribution in [0.3, 0.4) is 0 Å². The maximum atomic E-state index is 6.21. The highest BCUT2D eigenvalue weighted by molar-refractivity contribution is 9.10. The van der Waals surface area contributed by atoms with E-state index >= 15 is 0 Å². The van der Waals surface area contributed by atoms with Crippen LogP contribution in [0.1, 0.15) is 29.7 Å². The van der Waals surface area contributed by atoms with Gasteiger partial charge in [0.25, 0.3) is 0 Å². The fourth-order valence-electron chi connectivity index (χ4n) is 1.90. The Hall–Kier alpha value is -0.830. The first-order valence-electron chi connectivity index (χ1n) is 6.30. The highest BCUT2D eigenvalue weighted by Crippen LogP contribution is 2.22. The van der Waals surface area contributed by atoms with Crippen LogP contribution >= 0.6 is 27.5 Å². The van der Waals surface area contributed by atoms with E-state index in [1.54, 1.807) is 0 Å². The van der Waals surface area contributed by atoms with Crippen LogP contribution in [0.5, 0.6) is 0 Å². The van der Waals surface area contributed by atoms with Crippen molar-refractivity contribution in [3.8, 4) is 0 Å². The zero-order chi connectivity index (χ0) is 13.8. The Balaban J connectivity index is 2.00.